The molecule has 0 saturated carbocycles. The van der Waals surface area contributed by atoms with Crippen LogP contribution in [0.3, 0.4) is 0 Å². The third-order valence-electron chi connectivity index (χ3n) is 8.30. The smallest absolute Gasteiger partial charge is 0.407 e. The Balaban J connectivity index is 1.31. The van der Waals surface area contributed by atoms with E-state index in [0.717, 1.165) is 27.8 Å². The molecule has 0 aromatic heterocycles. The number of morpholine rings is 1. The zero-order valence-corrected chi connectivity index (χ0v) is 25.6. The minimum atomic E-state index is -1.01. The van der Waals surface area contributed by atoms with E-state index in [4.69, 9.17) is 15.2 Å². The lowest BCUT2D eigenvalue weighted by molar-refractivity contribution is -0.150. The Morgan fingerprint density at radius 3 is 2.13 bits per heavy atom. The van der Waals surface area contributed by atoms with E-state index in [1.807, 2.05) is 80.6 Å². The van der Waals surface area contributed by atoms with Crippen LogP contribution < -0.4 is 16.4 Å². The predicted molar refractivity (Wildman–Crippen MR) is 169 cm³/mol. The van der Waals surface area contributed by atoms with Crippen LogP contribution in [0, 0.1) is 5.92 Å². The molecule has 0 bridgehead atoms. The van der Waals surface area contributed by atoms with Crippen LogP contribution in [0.2, 0.25) is 0 Å². The van der Waals surface area contributed by atoms with Crippen molar-refractivity contribution in [2.24, 2.45) is 11.7 Å². The minimum Gasteiger partial charge on any atom is -0.449 e. The summed E-state index contributed by atoms with van der Waals surface area (Å²) >= 11 is 0. The van der Waals surface area contributed by atoms with Crippen molar-refractivity contribution in [1.29, 1.82) is 0 Å². The molecular formula is C35H40N4O6. The number of alkyl carbamates (subject to hydrolysis) is 1. The predicted octanol–water partition coefficient (Wildman–Crippen LogP) is 3.38. The van der Waals surface area contributed by atoms with Gasteiger partial charge < -0.3 is 30.7 Å². The maximum absolute atomic E-state index is 14.1. The number of carbonyl (C=O) groups excluding carboxylic acids is 4. The van der Waals surface area contributed by atoms with Gasteiger partial charge in [-0.3, -0.25) is 14.4 Å². The molecule has 5 rings (SSSR count). The number of rotatable bonds is 11. The fourth-order valence-electron chi connectivity index (χ4n) is 6.10. The summed E-state index contributed by atoms with van der Waals surface area (Å²) in [7, 11) is 0. The van der Waals surface area contributed by atoms with Crippen LogP contribution in [-0.4, -0.2) is 73.2 Å². The van der Waals surface area contributed by atoms with E-state index in [9.17, 15) is 19.2 Å². The highest BCUT2D eigenvalue weighted by Gasteiger charge is 2.38. The van der Waals surface area contributed by atoms with Gasteiger partial charge in [0.05, 0.1) is 13.2 Å². The highest BCUT2D eigenvalue weighted by molar-refractivity contribution is 5.94. The molecule has 1 fully saturated rings. The Morgan fingerprint density at radius 1 is 0.889 bits per heavy atom. The van der Waals surface area contributed by atoms with E-state index in [-0.39, 0.29) is 44.6 Å². The van der Waals surface area contributed by atoms with Crippen molar-refractivity contribution in [2.75, 3.05) is 26.4 Å². The number of nitrogens with one attached hydrogen (secondary N) is 2. The fraction of sp³-hybridized carbons (Fsp3) is 0.371. The summed E-state index contributed by atoms with van der Waals surface area (Å²) in [6.07, 6.45) is -0.179. The second kappa shape index (κ2) is 14.4. The van der Waals surface area contributed by atoms with Crippen molar-refractivity contribution >= 4 is 23.8 Å². The van der Waals surface area contributed by atoms with Gasteiger partial charge in [0.15, 0.2) is 0 Å². The average Bonchev–Trinajstić information content (AvgIpc) is 3.36. The summed E-state index contributed by atoms with van der Waals surface area (Å²) in [5, 5.41) is 5.48. The van der Waals surface area contributed by atoms with E-state index in [0.29, 0.717) is 6.42 Å². The molecule has 1 saturated heterocycles. The Hall–Kier alpha value is -4.70. The highest BCUT2D eigenvalue weighted by atomic mass is 16.5. The summed E-state index contributed by atoms with van der Waals surface area (Å²) in [5.74, 6) is -1.66. The molecule has 45 heavy (non-hydrogen) atoms. The number of primary amides is 1. The Kier molecular flexibility index (Phi) is 10.1. The summed E-state index contributed by atoms with van der Waals surface area (Å²) in [4.78, 5) is 54.2. The van der Waals surface area contributed by atoms with Gasteiger partial charge in [-0.15, -0.1) is 0 Å². The minimum absolute atomic E-state index is 0.0479. The van der Waals surface area contributed by atoms with Crippen LogP contribution >= 0.6 is 0 Å². The molecule has 1 aliphatic carbocycles. The van der Waals surface area contributed by atoms with Crippen LogP contribution in [0.25, 0.3) is 11.1 Å². The van der Waals surface area contributed by atoms with Gasteiger partial charge in [0.1, 0.15) is 24.7 Å². The third kappa shape index (κ3) is 7.51. The number of carbonyl (C=O) groups is 4. The molecule has 0 unspecified atom stereocenters. The van der Waals surface area contributed by atoms with Gasteiger partial charge in [0.2, 0.25) is 17.7 Å². The van der Waals surface area contributed by atoms with Gasteiger partial charge in [-0.1, -0.05) is 92.7 Å². The molecule has 3 atom stereocenters. The molecular weight excluding hydrogens is 572 g/mol. The first-order chi connectivity index (χ1) is 21.7. The van der Waals surface area contributed by atoms with Crippen LogP contribution in [0.5, 0.6) is 0 Å². The number of hydrogen-bond acceptors (Lipinski definition) is 6. The molecule has 3 aromatic carbocycles. The lowest BCUT2D eigenvalue weighted by Gasteiger charge is -2.37. The van der Waals surface area contributed by atoms with Crippen LogP contribution in [0.4, 0.5) is 4.79 Å². The highest BCUT2D eigenvalue weighted by Crippen LogP contribution is 2.44. The molecule has 1 aliphatic heterocycles. The maximum atomic E-state index is 14.1. The number of fused-ring (bicyclic) bond motifs is 3. The second-order valence-corrected chi connectivity index (χ2v) is 11.9. The summed E-state index contributed by atoms with van der Waals surface area (Å²) in [5.41, 5.74) is 10.8. The van der Waals surface area contributed by atoms with Crippen LogP contribution in [0.1, 0.15) is 42.9 Å². The maximum Gasteiger partial charge on any atom is 0.407 e. The third-order valence-corrected chi connectivity index (χ3v) is 8.30. The van der Waals surface area contributed by atoms with Crippen LogP contribution in [0.15, 0.2) is 78.9 Å². The molecule has 1 heterocycles. The van der Waals surface area contributed by atoms with Crippen molar-refractivity contribution in [3.63, 3.8) is 0 Å². The van der Waals surface area contributed by atoms with Crippen molar-refractivity contribution in [2.45, 2.75) is 50.7 Å². The monoisotopic (exact) mass is 612 g/mol. The molecule has 236 valence electrons. The number of nitrogens with zero attached hydrogens (tertiary/aromatic N) is 1. The molecule has 4 amide bonds. The van der Waals surface area contributed by atoms with Gasteiger partial charge in [-0.25, -0.2) is 4.79 Å². The van der Waals surface area contributed by atoms with Crippen molar-refractivity contribution in [3.8, 4) is 11.1 Å². The molecule has 3 aromatic rings. The first-order valence-corrected chi connectivity index (χ1v) is 15.4. The molecule has 0 radical (unpaired) electrons. The molecule has 2 aliphatic rings. The standard InChI is InChI=1S/C35H40N4O6/c1-22(2)18-29(32(36)40)37-33(41)31-21-44-17-16-39(31)34(42)30(19-23-10-4-3-5-11-23)38-35(43)45-20-28-26-14-8-6-12-24(26)25-13-7-9-15-27(25)28/h3-15,22,28-31H,16-21H2,1-2H3,(H2,36,40)(H,37,41)(H,38,43)/t29-,30-,31-/m0/s1. The Labute approximate surface area is 263 Å². The SMILES string of the molecule is CC(C)C[C@H](NC(=O)[C@@H]1COCCN1C(=O)[C@H](Cc1ccccc1)NC(=O)OCC1c2ccccc2-c2ccccc21)C(N)=O. The van der Waals surface area contributed by atoms with E-state index >= 15 is 0 Å². The van der Waals surface area contributed by atoms with Gasteiger partial charge >= 0.3 is 6.09 Å². The van der Waals surface area contributed by atoms with E-state index in [2.05, 4.69) is 22.8 Å². The topological polar surface area (TPSA) is 140 Å². The zero-order valence-electron chi connectivity index (χ0n) is 25.6. The van der Waals surface area contributed by atoms with E-state index in [1.165, 1.54) is 4.90 Å². The fourth-order valence-corrected chi connectivity index (χ4v) is 6.10. The van der Waals surface area contributed by atoms with Gasteiger partial charge in [-0.2, -0.15) is 0 Å². The van der Waals surface area contributed by atoms with Crippen LogP contribution in [-0.2, 0) is 30.3 Å². The van der Waals surface area contributed by atoms with Crippen molar-refractivity contribution in [3.05, 3.63) is 95.6 Å². The Bertz CT molecular complexity index is 1480. The molecule has 0 spiro atoms. The van der Waals surface area contributed by atoms with Crippen molar-refractivity contribution in [1.82, 2.24) is 15.5 Å². The normalized spacial score (nSPS) is 17.1. The quantitative estimate of drug-likeness (QED) is 0.303. The number of nitrogens with two attached hydrogens (primary N) is 1. The second-order valence-electron chi connectivity index (χ2n) is 11.9. The number of amides is 4. The average molecular weight is 613 g/mol. The van der Waals surface area contributed by atoms with Gasteiger partial charge in [0, 0.05) is 18.9 Å². The Morgan fingerprint density at radius 2 is 1.51 bits per heavy atom. The van der Waals surface area contributed by atoms with E-state index in [1.54, 1.807) is 0 Å². The molecule has 10 heteroatoms. The summed E-state index contributed by atoms with van der Waals surface area (Å²) < 4.78 is 11.3. The number of benzene rings is 3. The number of hydrogen-bond donors (Lipinski definition) is 3. The first kappa shape index (κ1) is 31.7. The first-order valence-electron chi connectivity index (χ1n) is 15.4. The lowest BCUT2D eigenvalue weighted by atomic mass is 9.98. The molecule has 4 N–H and O–H groups in total. The van der Waals surface area contributed by atoms with E-state index < -0.39 is 41.9 Å². The summed E-state index contributed by atoms with van der Waals surface area (Å²) in [6.45, 7) is 4.26. The lowest BCUT2D eigenvalue weighted by Crippen LogP contribution is -2.62. The van der Waals surface area contributed by atoms with Crippen molar-refractivity contribution < 1.29 is 28.7 Å². The zero-order chi connectivity index (χ0) is 31.9. The molecule has 10 nitrogen and oxygen atoms in total. The summed E-state index contributed by atoms with van der Waals surface area (Å²) in [6, 6.07) is 22.5. The van der Waals surface area contributed by atoms with Gasteiger partial charge in [-0.05, 0) is 40.2 Å². The number of ether oxygens (including phenoxy) is 2. The van der Waals surface area contributed by atoms with Gasteiger partial charge in [0.25, 0.3) is 0 Å². The largest absolute Gasteiger partial charge is 0.449 e.